The first-order chi connectivity index (χ1) is 4.63. The molecule has 0 saturated heterocycles. The van der Waals surface area contributed by atoms with Crippen LogP contribution >= 0.6 is 34.8 Å². The third kappa shape index (κ3) is 1.26. The van der Waals surface area contributed by atoms with E-state index >= 15 is 0 Å². The lowest BCUT2D eigenvalue weighted by atomic mass is 10.5. The standard InChI is InChI=1S/C4H2Cl3N3/c5-1-2(8)4(7)10-9-3(1)6/h(H2,8,9). The maximum atomic E-state index is 5.54. The van der Waals surface area contributed by atoms with Crippen LogP contribution in [0.15, 0.2) is 0 Å². The van der Waals surface area contributed by atoms with Gasteiger partial charge in [-0.05, 0) is 0 Å². The minimum atomic E-state index is 0.0589. The largest absolute Gasteiger partial charge is 0.395 e. The number of hydrogen-bond donors (Lipinski definition) is 1. The second kappa shape index (κ2) is 2.78. The van der Waals surface area contributed by atoms with Gasteiger partial charge in [0.25, 0.3) is 0 Å². The topological polar surface area (TPSA) is 51.8 Å². The number of nitrogen functional groups attached to an aromatic ring is 1. The lowest BCUT2D eigenvalue weighted by Gasteiger charge is -1.98. The van der Waals surface area contributed by atoms with E-state index in [1.54, 1.807) is 0 Å². The Bertz CT molecular complexity index is 235. The molecule has 1 aromatic rings. The monoisotopic (exact) mass is 197 g/mol. The van der Waals surface area contributed by atoms with Crippen molar-refractivity contribution in [3.8, 4) is 0 Å². The molecule has 1 rings (SSSR count). The molecule has 0 atom stereocenters. The van der Waals surface area contributed by atoms with Gasteiger partial charge in [-0.25, -0.2) is 0 Å². The molecule has 0 aromatic carbocycles. The first-order valence-electron chi connectivity index (χ1n) is 2.25. The Kier molecular flexibility index (Phi) is 2.18. The molecule has 1 heterocycles. The van der Waals surface area contributed by atoms with E-state index in [0.717, 1.165) is 0 Å². The second-order valence-electron chi connectivity index (χ2n) is 1.51. The number of rotatable bonds is 0. The Morgan fingerprint density at radius 3 is 2.00 bits per heavy atom. The lowest BCUT2D eigenvalue weighted by Crippen LogP contribution is -1.93. The number of anilines is 1. The van der Waals surface area contributed by atoms with Crippen LogP contribution in [0.4, 0.5) is 5.69 Å². The SMILES string of the molecule is Nc1c(Cl)nnc(Cl)c1Cl. The van der Waals surface area contributed by atoms with E-state index in [9.17, 15) is 0 Å². The molecule has 0 spiro atoms. The van der Waals surface area contributed by atoms with E-state index in [-0.39, 0.29) is 21.0 Å². The van der Waals surface area contributed by atoms with Gasteiger partial charge in [0.1, 0.15) is 5.02 Å². The Morgan fingerprint density at radius 1 is 1.00 bits per heavy atom. The van der Waals surface area contributed by atoms with Gasteiger partial charge in [0.05, 0.1) is 5.69 Å². The fourth-order valence-corrected chi connectivity index (χ4v) is 0.835. The molecule has 0 aliphatic rings. The van der Waals surface area contributed by atoms with Gasteiger partial charge in [-0.15, -0.1) is 10.2 Å². The lowest BCUT2D eigenvalue weighted by molar-refractivity contribution is 1.04. The molecule has 0 unspecified atom stereocenters. The minimum absolute atomic E-state index is 0.0589. The van der Waals surface area contributed by atoms with Gasteiger partial charge in [0.2, 0.25) is 0 Å². The summed E-state index contributed by atoms with van der Waals surface area (Å²) in [6.07, 6.45) is 0. The van der Waals surface area contributed by atoms with Crippen molar-refractivity contribution in [1.29, 1.82) is 0 Å². The van der Waals surface area contributed by atoms with Crippen LogP contribution in [0, 0.1) is 0 Å². The van der Waals surface area contributed by atoms with Crippen molar-refractivity contribution in [3.05, 3.63) is 15.3 Å². The van der Waals surface area contributed by atoms with Crippen molar-refractivity contribution in [3.63, 3.8) is 0 Å². The number of nitrogens with two attached hydrogens (primary N) is 1. The third-order valence-corrected chi connectivity index (χ3v) is 1.89. The Balaban J connectivity index is 3.34. The smallest absolute Gasteiger partial charge is 0.176 e. The van der Waals surface area contributed by atoms with Gasteiger partial charge in [0.15, 0.2) is 10.3 Å². The van der Waals surface area contributed by atoms with Gasteiger partial charge >= 0.3 is 0 Å². The molecule has 1 aromatic heterocycles. The summed E-state index contributed by atoms with van der Waals surface area (Å²) in [7, 11) is 0. The molecule has 0 bridgehead atoms. The normalized spacial score (nSPS) is 9.90. The molecule has 0 fully saturated rings. The fraction of sp³-hybridized carbons (Fsp3) is 0. The first kappa shape index (κ1) is 7.85. The van der Waals surface area contributed by atoms with Crippen molar-refractivity contribution < 1.29 is 0 Å². The molecule has 0 radical (unpaired) electrons. The molecular formula is C4H2Cl3N3. The van der Waals surface area contributed by atoms with Gasteiger partial charge in [-0.2, -0.15) is 0 Å². The van der Waals surface area contributed by atoms with Crippen LogP contribution < -0.4 is 5.73 Å². The highest BCUT2D eigenvalue weighted by atomic mass is 35.5. The van der Waals surface area contributed by atoms with Crippen molar-refractivity contribution in [2.24, 2.45) is 0 Å². The van der Waals surface area contributed by atoms with Gasteiger partial charge < -0.3 is 5.73 Å². The third-order valence-electron chi connectivity index (χ3n) is 0.865. The van der Waals surface area contributed by atoms with Crippen molar-refractivity contribution >= 4 is 40.5 Å². The Labute approximate surface area is 72.1 Å². The van der Waals surface area contributed by atoms with Crippen LogP contribution in [-0.4, -0.2) is 10.2 Å². The Morgan fingerprint density at radius 2 is 1.50 bits per heavy atom. The van der Waals surface area contributed by atoms with Crippen LogP contribution in [0.1, 0.15) is 0 Å². The van der Waals surface area contributed by atoms with Gasteiger partial charge in [-0.1, -0.05) is 34.8 Å². The van der Waals surface area contributed by atoms with Gasteiger partial charge in [-0.3, -0.25) is 0 Å². The van der Waals surface area contributed by atoms with Crippen LogP contribution in [0.5, 0.6) is 0 Å². The molecule has 10 heavy (non-hydrogen) atoms. The van der Waals surface area contributed by atoms with Crippen LogP contribution in [0.25, 0.3) is 0 Å². The predicted molar refractivity (Wildman–Crippen MR) is 41.5 cm³/mol. The Hall–Kier alpha value is -0.250. The molecule has 6 heteroatoms. The van der Waals surface area contributed by atoms with Crippen molar-refractivity contribution in [1.82, 2.24) is 10.2 Å². The maximum absolute atomic E-state index is 5.54. The summed E-state index contributed by atoms with van der Waals surface area (Å²) in [6.45, 7) is 0. The van der Waals surface area contributed by atoms with E-state index in [4.69, 9.17) is 40.5 Å². The van der Waals surface area contributed by atoms with Crippen LogP contribution in [-0.2, 0) is 0 Å². The summed E-state index contributed by atoms with van der Waals surface area (Å²) in [5.41, 5.74) is 5.49. The molecule has 2 N–H and O–H groups in total. The summed E-state index contributed by atoms with van der Waals surface area (Å²) in [5, 5.41) is 7.09. The number of halogens is 3. The number of nitrogens with zero attached hydrogens (tertiary/aromatic N) is 2. The van der Waals surface area contributed by atoms with E-state index in [2.05, 4.69) is 10.2 Å². The van der Waals surface area contributed by atoms with E-state index in [1.165, 1.54) is 0 Å². The van der Waals surface area contributed by atoms with E-state index < -0.39 is 0 Å². The molecule has 0 saturated carbocycles. The predicted octanol–water partition coefficient (Wildman–Crippen LogP) is 2.02. The summed E-state index contributed by atoms with van der Waals surface area (Å²) >= 11 is 16.4. The zero-order chi connectivity index (χ0) is 7.72. The molecule has 3 nitrogen and oxygen atoms in total. The van der Waals surface area contributed by atoms with E-state index in [0.29, 0.717) is 0 Å². The minimum Gasteiger partial charge on any atom is -0.395 e. The van der Waals surface area contributed by atoms with Crippen LogP contribution in [0.2, 0.25) is 15.3 Å². The van der Waals surface area contributed by atoms with E-state index in [1.807, 2.05) is 0 Å². The zero-order valence-electron chi connectivity index (χ0n) is 4.61. The average Bonchev–Trinajstić information content (AvgIpc) is 1.93. The van der Waals surface area contributed by atoms with Crippen molar-refractivity contribution in [2.45, 2.75) is 0 Å². The summed E-state index contributed by atoms with van der Waals surface area (Å²) in [4.78, 5) is 0. The summed E-state index contributed by atoms with van der Waals surface area (Å²) in [5.74, 6) is 0. The molecule has 0 aliphatic carbocycles. The molecule has 0 aliphatic heterocycles. The number of hydrogen-bond acceptors (Lipinski definition) is 3. The van der Waals surface area contributed by atoms with Gasteiger partial charge in [0, 0.05) is 0 Å². The maximum Gasteiger partial charge on any atom is 0.176 e. The quantitative estimate of drug-likeness (QED) is 0.694. The highest BCUT2D eigenvalue weighted by molar-refractivity contribution is 6.44. The highest BCUT2D eigenvalue weighted by Gasteiger charge is 2.07. The molecule has 0 amide bonds. The van der Waals surface area contributed by atoms with Crippen molar-refractivity contribution in [2.75, 3.05) is 5.73 Å². The fourth-order valence-electron chi connectivity index (χ4n) is 0.387. The average molecular weight is 198 g/mol. The molecule has 54 valence electrons. The van der Waals surface area contributed by atoms with Crippen LogP contribution in [0.3, 0.4) is 0 Å². The number of aromatic nitrogens is 2. The summed E-state index contributed by atoms with van der Waals surface area (Å²) in [6, 6.07) is 0. The second-order valence-corrected chi connectivity index (χ2v) is 2.60. The zero-order valence-corrected chi connectivity index (χ0v) is 6.87. The summed E-state index contributed by atoms with van der Waals surface area (Å²) < 4.78 is 0. The highest BCUT2D eigenvalue weighted by Crippen LogP contribution is 2.29. The molecular weight excluding hydrogens is 196 g/mol. The first-order valence-corrected chi connectivity index (χ1v) is 3.39.